The highest BCUT2D eigenvalue weighted by Crippen LogP contribution is 2.35. The monoisotopic (exact) mass is 462 g/mol. The first-order valence-electron chi connectivity index (χ1n) is 10.6. The molecule has 168 valence electrons. The normalized spacial score (nSPS) is 20.9. The third kappa shape index (κ3) is 4.61. The Morgan fingerprint density at radius 1 is 1.26 bits per heavy atom. The number of nitrogens with zero attached hydrogens (tertiary/aromatic N) is 3. The van der Waals surface area contributed by atoms with Gasteiger partial charge in [-0.3, -0.25) is 0 Å². The van der Waals surface area contributed by atoms with Gasteiger partial charge < -0.3 is 14.4 Å². The zero-order valence-corrected chi connectivity index (χ0v) is 20.3. The molecule has 1 fully saturated rings. The lowest BCUT2D eigenvalue weighted by Gasteiger charge is -2.26. The second kappa shape index (κ2) is 8.71. The molecule has 9 heteroatoms. The minimum absolute atomic E-state index is 0.0550. The average molecular weight is 463 g/mol. The molecule has 4 rings (SSSR count). The molecular formula is C22H30N4O3S2. The fourth-order valence-electron chi connectivity index (χ4n) is 3.86. The van der Waals surface area contributed by atoms with Crippen LogP contribution in [0.25, 0.3) is 16.2 Å². The van der Waals surface area contributed by atoms with Gasteiger partial charge in [0.05, 0.1) is 42.0 Å². The third-order valence-electron chi connectivity index (χ3n) is 5.63. The van der Waals surface area contributed by atoms with Gasteiger partial charge in [-0.25, -0.2) is 9.50 Å². The van der Waals surface area contributed by atoms with Gasteiger partial charge in [0.15, 0.2) is 5.75 Å². The van der Waals surface area contributed by atoms with Crippen LogP contribution in [0.15, 0.2) is 23.1 Å². The number of aliphatic hydroxyl groups is 1. The minimum Gasteiger partial charge on any atom is -0.593 e. The van der Waals surface area contributed by atoms with Crippen molar-refractivity contribution < 1.29 is 14.4 Å². The predicted octanol–water partition coefficient (Wildman–Crippen LogP) is 3.99. The molecule has 1 aromatic carbocycles. The predicted molar refractivity (Wildman–Crippen MR) is 124 cm³/mol. The number of hydrogen-bond acceptors (Lipinski definition) is 7. The van der Waals surface area contributed by atoms with Crippen LogP contribution in [0.4, 0.5) is 0 Å². The molecule has 3 aromatic rings. The van der Waals surface area contributed by atoms with Crippen molar-refractivity contribution in [1.82, 2.24) is 19.3 Å². The first-order chi connectivity index (χ1) is 14.7. The molecule has 1 unspecified atom stereocenters. The van der Waals surface area contributed by atoms with E-state index in [0.29, 0.717) is 10.6 Å². The Morgan fingerprint density at radius 2 is 1.97 bits per heavy atom. The summed E-state index contributed by atoms with van der Waals surface area (Å²) in [7, 11) is 1.59. The summed E-state index contributed by atoms with van der Waals surface area (Å²) < 4.78 is 23.8. The molecule has 2 N–H and O–H groups in total. The van der Waals surface area contributed by atoms with Crippen molar-refractivity contribution in [2.45, 2.75) is 75.8 Å². The standard InChI is InChI=1S/C22H30N4O3S2/c1-13-19(26-21(23-13)30-20(24-26)22(2,3)4)14-6-11-17(29-5)18(12-14)31(28)25-15-7-9-16(27)10-8-15/h6,11-12,15-16,25,27H,7-10H2,1-5H3/t15-,16+,31?. The molecule has 0 radical (unpaired) electrons. The van der Waals surface area contributed by atoms with Gasteiger partial charge in [0.2, 0.25) is 9.86 Å². The van der Waals surface area contributed by atoms with Crippen LogP contribution in [-0.4, -0.2) is 43.5 Å². The maximum atomic E-state index is 13.2. The number of ether oxygens (including phenoxy) is 1. The van der Waals surface area contributed by atoms with E-state index < -0.39 is 11.4 Å². The average Bonchev–Trinajstić information content (AvgIpc) is 3.26. The summed E-state index contributed by atoms with van der Waals surface area (Å²) in [5.41, 5.74) is 2.64. The van der Waals surface area contributed by atoms with Crippen LogP contribution in [0.3, 0.4) is 0 Å². The molecule has 0 amide bonds. The van der Waals surface area contributed by atoms with Gasteiger partial charge in [-0.05, 0) is 44.7 Å². The second-order valence-corrected chi connectivity index (χ2v) is 11.3. The molecule has 1 atom stereocenters. The topological polar surface area (TPSA) is 94.7 Å². The van der Waals surface area contributed by atoms with E-state index in [9.17, 15) is 9.66 Å². The van der Waals surface area contributed by atoms with Crippen molar-refractivity contribution in [2.24, 2.45) is 0 Å². The van der Waals surface area contributed by atoms with Crippen molar-refractivity contribution >= 4 is 27.7 Å². The molecule has 2 aromatic heterocycles. The van der Waals surface area contributed by atoms with Crippen molar-refractivity contribution in [1.29, 1.82) is 0 Å². The van der Waals surface area contributed by atoms with Crippen LogP contribution in [-0.2, 0) is 16.8 Å². The van der Waals surface area contributed by atoms with E-state index in [-0.39, 0.29) is 17.6 Å². The molecule has 1 aliphatic rings. The lowest BCUT2D eigenvalue weighted by Crippen LogP contribution is -2.38. The van der Waals surface area contributed by atoms with Crippen molar-refractivity contribution in [3.63, 3.8) is 0 Å². The Hall–Kier alpha value is -1.65. The van der Waals surface area contributed by atoms with Crippen LogP contribution < -0.4 is 9.46 Å². The minimum atomic E-state index is -1.43. The van der Waals surface area contributed by atoms with Crippen molar-refractivity contribution in [3.8, 4) is 17.0 Å². The Labute approximate surface area is 190 Å². The second-order valence-electron chi connectivity index (χ2n) is 9.16. The fraction of sp³-hybridized carbons (Fsp3) is 0.545. The Kier molecular flexibility index (Phi) is 6.33. The molecule has 31 heavy (non-hydrogen) atoms. The smallest absolute Gasteiger partial charge is 0.216 e. The number of aromatic nitrogens is 3. The molecule has 1 saturated carbocycles. The summed E-state index contributed by atoms with van der Waals surface area (Å²) in [6, 6.07) is 5.84. The molecule has 0 bridgehead atoms. The molecule has 1 aliphatic carbocycles. The van der Waals surface area contributed by atoms with E-state index in [1.54, 1.807) is 18.4 Å². The largest absolute Gasteiger partial charge is 0.593 e. The van der Waals surface area contributed by atoms with Crippen LogP contribution >= 0.6 is 11.3 Å². The Morgan fingerprint density at radius 3 is 2.61 bits per heavy atom. The van der Waals surface area contributed by atoms with Crippen LogP contribution in [0.2, 0.25) is 0 Å². The number of aliphatic hydroxyl groups excluding tert-OH is 1. The number of benzene rings is 1. The van der Waals surface area contributed by atoms with Gasteiger partial charge in [-0.15, -0.1) is 4.72 Å². The number of rotatable bonds is 5. The van der Waals surface area contributed by atoms with E-state index in [2.05, 4.69) is 25.5 Å². The van der Waals surface area contributed by atoms with Crippen LogP contribution in [0, 0.1) is 6.92 Å². The quantitative estimate of drug-likeness (QED) is 0.557. The number of aryl methyl sites for hydroxylation is 1. The van der Waals surface area contributed by atoms with Crippen molar-refractivity contribution in [3.05, 3.63) is 28.9 Å². The van der Waals surface area contributed by atoms with Gasteiger partial charge in [0, 0.05) is 17.0 Å². The maximum absolute atomic E-state index is 13.2. The molecule has 0 spiro atoms. The van der Waals surface area contributed by atoms with Crippen LogP contribution in [0.5, 0.6) is 5.75 Å². The lowest BCUT2D eigenvalue weighted by atomic mass is 9.94. The number of imidazole rings is 1. The highest BCUT2D eigenvalue weighted by atomic mass is 32.2. The van der Waals surface area contributed by atoms with Gasteiger partial charge in [-0.2, -0.15) is 5.10 Å². The third-order valence-corrected chi connectivity index (χ3v) is 8.23. The Balaban J connectivity index is 1.69. The van der Waals surface area contributed by atoms with E-state index in [1.165, 1.54) is 0 Å². The number of hydrogen-bond donors (Lipinski definition) is 2. The number of nitrogens with one attached hydrogen (secondary N) is 1. The summed E-state index contributed by atoms with van der Waals surface area (Å²) in [6.07, 6.45) is 2.85. The van der Waals surface area contributed by atoms with E-state index in [4.69, 9.17) is 14.8 Å². The molecular weight excluding hydrogens is 432 g/mol. The summed E-state index contributed by atoms with van der Waals surface area (Å²) in [6.45, 7) is 8.40. The molecule has 0 aliphatic heterocycles. The van der Waals surface area contributed by atoms with E-state index in [0.717, 1.165) is 52.6 Å². The van der Waals surface area contributed by atoms with Crippen molar-refractivity contribution in [2.75, 3.05) is 7.11 Å². The Bertz CT molecular complexity index is 1060. The van der Waals surface area contributed by atoms with Gasteiger partial charge >= 0.3 is 0 Å². The lowest BCUT2D eigenvalue weighted by molar-refractivity contribution is 0.120. The van der Waals surface area contributed by atoms with Gasteiger partial charge in [0.25, 0.3) is 0 Å². The van der Waals surface area contributed by atoms with E-state index >= 15 is 0 Å². The van der Waals surface area contributed by atoms with Crippen LogP contribution in [0.1, 0.15) is 57.2 Å². The zero-order valence-electron chi connectivity index (χ0n) is 18.6. The molecule has 7 nitrogen and oxygen atoms in total. The highest BCUT2D eigenvalue weighted by Gasteiger charge is 2.28. The van der Waals surface area contributed by atoms with E-state index in [1.807, 2.05) is 29.6 Å². The molecule has 2 heterocycles. The number of fused-ring (bicyclic) bond motifs is 1. The first kappa shape index (κ1) is 22.5. The summed E-state index contributed by atoms with van der Waals surface area (Å²) >= 11 is 0.170. The summed E-state index contributed by atoms with van der Waals surface area (Å²) in [4.78, 5) is 6.17. The SMILES string of the molecule is COc1ccc(-c2c(C)nc3sc(C(C)(C)C)nn23)cc1[S+]([O-])N[C@H]1CC[C@@H](O)CC1. The number of methoxy groups -OCH3 is 1. The highest BCUT2D eigenvalue weighted by molar-refractivity contribution is 7.89. The van der Waals surface area contributed by atoms with Gasteiger partial charge in [0.1, 0.15) is 5.01 Å². The first-order valence-corrected chi connectivity index (χ1v) is 12.5. The maximum Gasteiger partial charge on any atom is 0.216 e. The zero-order chi connectivity index (χ0) is 22.3. The fourth-order valence-corrected chi connectivity index (χ4v) is 6.10. The summed E-state index contributed by atoms with van der Waals surface area (Å²) in [5, 5.41) is 15.6. The summed E-state index contributed by atoms with van der Waals surface area (Å²) in [5.74, 6) is 0.581. The van der Waals surface area contributed by atoms with Gasteiger partial charge in [-0.1, -0.05) is 32.1 Å². The molecule has 0 saturated heterocycles.